The fourth-order valence-corrected chi connectivity index (χ4v) is 3.25. The fourth-order valence-electron chi connectivity index (χ4n) is 2.43. The van der Waals surface area contributed by atoms with Crippen LogP contribution in [0, 0.1) is 0 Å². The standard InChI is InChI=1S/C19H18F2N4O2S/c1-12(17(26)22-14-8-10-15(11-9-14)27-18(20)21)28-19-24-23-16(25(19)2)13-6-4-3-5-7-13/h3-12,18H,1-2H3,(H,22,26). The molecule has 0 saturated heterocycles. The van der Waals surface area contributed by atoms with Crippen molar-refractivity contribution in [3.05, 3.63) is 54.6 Å². The molecule has 1 unspecified atom stereocenters. The van der Waals surface area contributed by atoms with Gasteiger partial charge in [0, 0.05) is 18.3 Å². The van der Waals surface area contributed by atoms with Gasteiger partial charge in [0.2, 0.25) is 5.91 Å². The molecular weight excluding hydrogens is 386 g/mol. The van der Waals surface area contributed by atoms with Gasteiger partial charge in [0.15, 0.2) is 11.0 Å². The van der Waals surface area contributed by atoms with E-state index in [4.69, 9.17) is 0 Å². The molecule has 6 nitrogen and oxygen atoms in total. The first-order valence-corrected chi connectivity index (χ1v) is 9.29. The summed E-state index contributed by atoms with van der Waals surface area (Å²) in [4.78, 5) is 12.4. The van der Waals surface area contributed by atoms with Crippen LogP contribution in [0.1, 0.15) is 6.92 Å². The first-order valence-electron chi connectivity index (χ1n) is 8.41. The second kappa shape index (κ2) is 8.83. The molecule has 9 heteroatoms. The highest BCUT2D eigenvalue weighted by molar-refractivity contribution is 8.00. The molecule has 0 bridgehead atoms. The average Bonchev–Trinajstić information content (AvgIpc) is 3.04. The third-order valence-electron chi connectivity index (χ3n) is 3.87. The third kappa shape index (κ3) is 4.86. The highest BCUT2D eigenvalue weighted by Gasteiger charge is 2.19. The molecule has 3 aromatic rings. The van der Waals surface area contributed by atoms with Gasteiger partial charge in [-0.25, -0.2) is 0 Å². The van der Waals surface area contributed by atoms with E-state index in [0.717, 1.165) is 5.56 Å². The minimum absolute atomic E-state index is 0.0305. The molecule has 0 saturated carbocycles. The van der Waals surface area contributed by atoms with Gasteiger partial charge in [0.25, 0.3) is 0 Å². The molecule has 0 radical (unpaired) electrons. The lowest BCUT2D eigenvalue weighted by molar-refractivity contribution is -0.115. The number of halogens is 2. The summed E-state index contributed by atoms with van der Waals surface area (Å²) in [6, 6.07) is 15.4. The second-order valence-electron chi connectivity index (χ2n) is 5.88. The molecule has 0 spiro atoms. The van der Waals surface area contributed by atoms with E-state index in [9.17, 15) is 13.6 Å². The Morgan fingerprint density at radius 2 is 1.79 bits per heavy atom. The highest BCUT2D eigenvalue weighted by atomic mass is 32.2. The lowest BCUT2D eigenvalue weighted by Gasteiger charge is -2.12. The molecule has 146 valence electrons. The number of benzene rings is 2. The van der Waals surface area contributed by atoms with E-state index in [1.807, 2.05) is 41.9 Å². The number of rotatable bonds is 7. The molecule has 1 heterocycles. The summed E-state index contributed by atoms with van der Waals surface area (Å²) in [7, 11) is 1.84. The zero-order valence-electron chi connectivity index (χ0n) is 15.2. The maximum Gasteiger partial charge on any atom is 0.387 e. The number of nitrogens with zero attached hydrogens (tertiary/aromatic N) is 3. The summed E-state index contributed by atoms with van der Waals surface area (Å²) in [5.41, 5.74) is 1.43. The Hall–Kier alpha value is -2.94. The molecule has 0 fully saturated rings. The quantitative estimate of drug-likeness (QED) is 0.598. The van der Waals surface area contributed by atoms with Crippen LogP contribution in [-0.4, -0.2) is 32.5 Å². The van der Waals surface area contributed by atoms with Gasteiger partial charge in [-0.1, -0.05) is 42.1 Å². The molecule has 1 N–H and O–H groups in total. The van der Waals surface area contributed by atoms with Gasteiger partial charge in [0.05, 0.1) is 5.25 Å². The first-order chi connectivity index (χ1) is 13.4. The molecular formula is C19H18F2N4O2S. The van der Waals surface area contributed by atoms with Crippen LogP contribution in [0.4, 0.5) is 14.5 Å². The number of thioether (sulfide) groups is 1. The molecule has 1 atom stereocenters. The van der Waals surface area contributed by atoms with E-state index in [0.29, 0.717) is 16.7 Å². The van der Waals surface area contributed by atoms with E-state index < -0.39 is 11.9 Å². The van der Waals surface area contributed by atoms with E-state index in [-0.39, 0.29) is 11.7 Å². The van der Waals surface area contributed by atoms with E-state index in [2.05, 4.69) is 20.3 Å². The summed E-state index contributed by atoms with van der Waals surface area (Å²) in [6.45, 7) is -1.13. The van der Waals surface area contributed by atoms with E-state index >= 15 is 0 Å². The zero-order chi connectivity index (χ0) is 20.1. The zero-order valence-corrected chi connectivity index (χ0v) is 16.0. The number of hydrogen-bond acceptors (Lipinski definition) is 5. The second-order valence-corrected chi connectivity index (χ2v) is 7.19. The maximum absolute atomic E-state index is 12.4. The van der Waals surface area contributed by atoms with Crippen molar-refractivity contribution in [1.29, 1.82) is 0 Å². The van der Waals surface area contributed by atoms with Crippen LogP contribution in [0.2, 0.25) is 0 Å². The number of ether oxygens (including phenoxy) is 1. The van der Waals surface area contributed by atoms with Crippen LogP contribution in [0.15, 0.2) is 59.8 Å². The number of hydrogen-bond donors (Lipinski definition) is 1. The van der Waals surface area contributed by atoms with Crippen LogP contribution < -0.4 is 10.1 Å². The topological polar surface area (TPSA) is 69.0 Å². The Labute approximate surface area is 164 Å². The molecule has 1 amide bonds. The van der Waals surface area contributed by atoms with Crippen LogP contribution >= 0.6 is 11.8 Å². The Bertz CT molecular complexity index is 933. The van der Waals surface area contributed by atoms with Gasteiger partial charge < -0.3 is 14.6 Å². The van der Waals surface area contributed by atoms with Crippen molar-refractivity contribution >= 4 is 23.4 Å². The van der Waals surface area contributed by atoms with Gasteiger partial charge in [0.1, 0.15) is 5.75 Å². The van der Waals surface area contributed by atoms with Crippen molar-refractivity contribution < 1.29 is 18.3 Å². The van der Waals surface area contributed by atoms with Crippen molar-refractivity contribution in [2.45, 2.75) is 23.9 Å². The number of aromatic nitrogens is 3. The fraction of sp³-hybridized carbons (Fsp3) is 0.211. The van der Waals surface area contributed by atoms with Crippen molar-refractivity contribution in [3.8, 4) is 17.1 Å². The first kappa shape index (κ1) is 19.8. The highest BCUT2D eigenvalue weighted by Crippen LogP contribution is 2.26. The largest absolute Gasteiger partial charge is 0.435 e. The Kier molecular flexibility index (Phi) is 6.25. The van der Waals surface area contributed by atoms with Crippen LogP contribution in [0.25, 0.3) is 11.4 Å². The van der Waals surface area contributed by atoms with Crippen LogP contribution in [-0.2, 0) is 11.8 Å². The van der Waals surface area contributed by atoms with Crippen LogP contribution in [0.3, 0.4) is 0 Å². The molecule has 0 aliphatic rings. The Morgan fingerprint density at radius 3 is 2.43 bits per heavy atom. The van der Waals surface area contributed by atoms with Crippen molar-refractivity contribution in [1.82, 2.24) is 14.8 Å². The van der Waals surface area contributed by atoms with Gasteiger partial charge in [-0.15, -0.1) is 10.2 Å². The number of amides is 1. The van der Waals surface area contributed by atoms with Crippen molar-refractivity contribution in [3.63, 3.8) is 0 Å². The number of alkyl halides is 2. The summed E-state index contributed by atoms with van der Waals surface area (Å²) < 4.78 is 30.5. The molecule has 3 rings (SSSR count). The lowest BCUT2D eigenvalue weighted by Crippen LogP contribution is -2.22. The normalized spacial score (nSPS) is 12.0. The molecule has 0 aliphatic carbocycles. The molecule has 1 aromatic heterocycles. The van der Waals surface area contributed by atoms with Crippen LogP contribution in [0.5, 0.6) is 5.75 Å². The minimum atomic E-state index is -2.89. The monoisotopic (exact) mass is 404 g/mol. The summed E-state index contributed by atoms with van der Waals surface area (Å²) in [5.74, 6) is 0.505. The average molecular weight is 404 g/mol. The number of nitrogens with one attached hydrogen (secondary N) is 1. The van der Waals surface area contributed by atoms with E-state index in [1.54, 1.807) is 6.92 Å². The van der Waals surface area contributed by atoms with Gasteiger partial charge in [-0.2, -0.15) is 8.78 Å². The SMILES string of the molecule is CC(Sc1nnc(-c2ccccc2)n1C)C(=O)Nc1ccc(OC(F)F)cc1. The maximum atomic E-state index is 12.4. The van der Waals surface area contributed by atoms with Gasteiger partial charge >= 0.3 is 6.61 Å². The Balaban J connectivity index is 1.62. The van der Waals surface area contributed by atoms with Crippen molar-refractivity contribution in [2.24, 2.45) is 7.05 Å². The summed E-state index contributed by atoms with van der Waals surface area (Å²) >= 11 is 1.28. The number of anilines is 1. The molecule has 0 aliphatic heterocycles. The Morgan fingerprint density at radius 1 is 1.11 bits per heavy atom. The van der Waals surface area contributed by atoms with E-state index in [1.165, 1.54) is 36.0 Å². The molecule has 28 heavy (non-hydrogen) atoms. The smallest absolute Gasteiger partial charge is 0.387 e. The molecule has 2 aromatic carbocycles. The predicted octanol–water partition coefficient (Wildman–Crippen LogP) is 4.20. The minimum Gasteiger partial charge on any atom is -0.435 e. The third-order valence-corrected chi connectivity index (χ3v) is 5.00. The summed E-state index contributed by atoms with van der Waals surface area (Å²) in [6.07, 6.45) is 0. The lowest BCUT2D eigenvalue weighted by atomic mass is 10.2. The van der Waals surface area contributed by atoms with Crippen molar-refractivity contribution in [2.75, 3.05) is 5.32 Å². The predicted molar refractivity (Wildman–Crippen MR) is 103 cm³/mol. The van der Waals surface area contributed by atoms with Gasteiger partial charge in [-0.05, 0) is 31.2 Å². The number of carbonyl (C=O) groups is 1. The van der Waals surface area contributed by atoms with Gasteiger partial charge in [-0.3, -0.25) is 4.79 Å². The summed E-state index contributed by atoms with van der Waals surface area (Å²) in [5, 5.41) is 11.3. The number of carbonyl (C=O) groups excluding carboxylic acids is 1.